The smallest absolute Gasteiger partial charge is 0.220 e. The van der Waals surface area contributed by atoms with Gasteiger partial charge in [0.1, 0.15) is 5.78 Å². The lowest BCUT2D eigenvalue weighted by molar-refractivity contribution is -0.121. The summed E-state index contributed by atoms with van der Waals surface area (Å²) in [5, 5.41) is 13.2. The van der Waals surface area contributed by atoms with E-state index in [-0.39, 0.29) is 5.91 Å². The van der Waals surface area contributed by atoms with Crippen LogP contribution in [0.15, 0.2) is 12.2 Å². The highest BCUT2D eigenvalue weighted by Crippen LogP contribution is 2.17. The van der Waals surface area contributed by atoms with Gasteiger partial charge in [0.15, 0.2) is 0 Å². The molecule has 0 aromatic rings. The van der Waals surface area contributed by atoms with Gasteiger partial charge in [0.25, 0.3) is 0 Å². The van der Waals surface area contributed by atoms with Crippen LogP contribution in [0.5, 0.6) is 0 Å². The van der Waals surface area contributed by atoms with Crippen molar-refractivity contribution in [2.75, 3.05) is 6.54 Å². The number of hydrogen-bond donors (Lipinski definition) is 2. The Labute approximate surface area is 358 Å². The van der Waals surface area contributed by atoms with Gasteiger partial charge in [-0.15, -0.1) is 0 Å². The molecule has 0 aromatic carbocycles. The summed E-state index contributed by atoms with van der Waals surface area (Å²) in [5.74, 6) is 0.590. The number of aliphatic hydroxyl groups excluding tert-OH is 1. The van der Waals surface area contributed by atoms with Gasteiger partial charge in [-0.3, -0.25) is 9.59 Å². The number of rotatable bonds is 49. The standard InChI is InChI=1S/C53H103NO3/c1-3-5-7-9-11-13-15-17-19-21-23-28-32-36-40-44-48-52(56)50-54-53(57)49-45-41-37-33-29-25-24-27-31-35-39-43-47-51(55)46-42-38-34-30-26-22-20-18-16-14-12-10-8-6-4-2/h18,20,52,56H,3-17,19,21-50H2,1-2H3,(H,54,57)/b20-18-/t52-/m0/s1. The number of hydrogen-bond acceptors (Lipinski definition) is 3. The normalized spacial score (nSPS) is 12.2. The fraction of sp³-hybridized carbons (Fsp3) is 0.925. The SMILES string of the molecule is CCCCCCCC/C=C\CCCCCCCC(=O)CCCCCCCCCCCCCCC(=O)NC[C@@H](O)CCCCCCCCCCCCCCCCCC. The number of carbonyl (C=O) groups is 2. The first-order chi connectivity index (χ1) is 28.1. The summed E-state index contributed by atoms with van der Waals surface area (Å²) in [5.41, 5.74) is 0. The summed E-state index contributed by atoms with van der Waals surface area (Å²) in [6.07, 6.45) is 60.9. The maximum absolute atomic E-state index is 12.2. The molecule has 0 unspecified atom stereocenters. The van der Waals surface area contributed by atoms with Gasteiger partial charge in [0.05, 0.1) is 6.10 Å². The predicted octanol–water partition coefficient (Wildman–Crippen LogP) is 17.2. The monoisotopic (exact) mass is 802 g/mol. The number of nitrogens with one attached hydrogen (secondary N) is 1. The average molecular weight is 802 g/mol. The van der Waals surface area contributed by atoms with Crippen molar-refractivity contribution in [2.24, 2.45) is 0 Å². The molecule has 0 saturated heterocycles. The fourth-order valence-corrected chi connectivity index (χ4v) is 8.24. The highest BCUT2D eigenvalue weighted by molar-refractivity contribution is 5.78. The highest BCUT2D eigenvalue weighted by atomic mass is 16.3. The molecule has 0 heterocycles. The van der Waals surface area contributed by atoms with E-state index >= 15 is 0 Å². The van der Waals surface area contributed by atoms with Crippen molar-refractivity contribution in [3.63, 3.8) is 0 Å². The number of carbonyl (C=O) groups excluding carboxylic acids is 2. The van der Waals surface area contributed by atoms with E-state index in [1.807, 2.05) is 0 Å². The van der Waals surface area contributed by atoms with Crippen LogP contribution in [0.4, 0.5) is 0 Å². The van der Waals surface area contributed by atoms with Gasteiger partial charge < -0.3 is 10.4 Å². The molecule has 0 aliphatic heterocycles. The van der Waals surface area contributed by atoms with E-state index in [2.05, 4.69) is 31.3 Å². The number of amides is 1. The van der Waals surface area contributed by atoms with E-state index in [1.165, 1.54) is 231 Å². The van der Waals surface area contributed by atoms with Crippen LogP contribution in [-0.4, -0.2) is 29.4 Å². The minimum atomic E-state index is -0.401. The van der Waals surface area contributed by atoms with E-state index in [9.17, 15) is 14.7 Å². The van der Waals surface area contributed by atoms with Crippen molar-refractivity contribution < 1.29 is 14.7 Å². The zero-order valence-corrected chi connectivity index (χ0v) is 39.0. The minimum absolute atomic E-state index is 0.101. The first-order valence-electron chi connectivity index (χ1n) is 26.2. The highest BCUT2D eigenvalue weighted by Gasteiger charge is 2.07. The Morgan fingerprint density at radius 1 is 0.386 bits per heavy atom. The van der Waals surface area contributed by atoms with Crippen LogP contribution in [0.1, 0.15) is 303 Å². The van der Waals surface area contributed by atoms with Crippen molar-refractivity contribution in [3.8, 4) is 0 Å². The third-order valence-corrected chi connectivity index (χ3v) is 12.3. The Balaban J connectivity index is 3.31. The molecule has 1 atom stereocenters. The van der Waals surface area contributed by atoms with Gasteiger partial charge in [-0.05, 0) is 51.4 Å². The van der Waals surface area contributed by atoms with Crippen LogP contribution in [0, 0.1) is 0 Å². The maximum Gasteiger partial charge on any atom is 0.220 e. The molecule has 4 nitrogen and oxygen atoms in total. The number of allylic oxidation sites excluding steroid dienone is 2. The number of unbranched alkanes of at least 4 members (excludes halogenated alkanes) is 37. The van der Waals surface area contributed by atoms with Crippen molar-refractivity contribution in [3.05, 3.63) is 12.2 Å². The summed E-state index contributed by atoms with van der Waals surface area (Å²) >= 11 is 0. The predicted molar refractivity (Wildman–Crippen MR) is 252 cm³/mol. The molecule has 0 aromatic heterocycles. The Morgan fingerprint density at radius 3 is 1.02 bits per heavy atom. The first-order valence-corrected chi connectivity index (χ1v) is 26.2. The summed E-state index contributed by atoms with van der Waals surface area (Å²) in [4.78, 5) is 24.4. The van der Waals surface area contributed by atoms with Crippen LogP contribution >= 0.6 is 0 Å². The third-order valence-electron chi connectivity index (χ3n) is 12.3. The first kappa shape index (κ1) is 55.8. The van der Waals surface area contributed by atoms with Crippen molar-refractivity contribution in [2.45, 2.75) is 309 Å². The van der Waals surface area contributed by atoms with E-state index in [1.54, 1.807) is 0 Å². The second-order valence-corrected chi connectivity index (χ2v) is 18.2. The second kappa shape index (κ2) is 49.2. The van der Waals surface area contributed by atoms with E-state index in [0.29, 0.717) is 18.7 Å². The summed E-state index contributed by atoms with van der Waals surface area (Å²) in [6, 6.07) is 0. The van der Waals surface area contributed by atoms with E-state index in [4.69, 9.17) is 0 Å². The third kappa shape index (κ3) is 49.1. The molecule has 0 fully saturated rings. The molecule has 0 bridgehead atoms. The molecule has 0 saturated carbocycles. The zero-order chi connectivity index (χ0) is 41.4. The van der Waals surface area contributed by atoms with Gasteiger partial charge in [0, 0.05) is 25.8 Å². The zero-order valence-electron chi connectivity index (χ0n) is 39.0. The largest absolute Gasteiger partial charge is 0.391 e. The molecule has 0 radical (unpaired) electrons. The minimum Gasteiger partial charge on any atom is -0.391 e. The van der Waals surface area contributed by atoms with Crippen LogP contribution < -0.4 is 5.32 Å². The van der Waals surface area contributed by atoms with E-state index in [0.717, 1.165) is 51.4 Å². The number of Topliss-reactive ketones (excluding diaryl/α,β-unsaturated/α-hetero) is 1. The van der Waals surface area contributed by atoms with E-state index < -0.39 is 6.10 Å². The van der Waals surface area contributed by atoms with Crippen LogP contribution in [0.25, 0.3) is 0 Å². The molecule has 57 heavy (non-hydrogen) atoms. The Bertz CT molecular complexity index is 825. The molecule has 338 valence electrons. The maximum atomic E-state index is 12.2. The molecular formula is C53H103NO3. The lowest BCUT2D eigenvalue weighted by Crippen LogP contribution is -2.31. The number of ketones is 1. The van der Waals surface area contributed by atoms with Gasteiger partial charge >= 0.3 is 0 Å². The van der Waals surface area contributed by atoms with Crippen molar-refractivity contribution in [1.82, 2.24) is 5.32 Å². The number of aliphatic hydroxyl groups is 1. The lowest BCUT2D eigenvalue weighted by Gasteiger charge is -2.12. The average Bonchev–Trinajstić information content (AvgIpc) is 3.21. The van der Waals surface area contributed by atoms with Gasteiger partial charge in [-0.1, -0.05) is 244 Å². The van der Waals surface area contributed by atoms with Crippen LogP contribution in [0.2, 0.25) is 0 Å². The van der Waals surface area contributed by atoms with Gasteiger partial charge in [-0.2, -0.15) is 0 Å². The Morgan fingerprint density at radius 2 is 0.667 bits per heavy atom. The molecule has 0 rings (SSSR count). The quantitative estimate of drug-likeness (QED) is 0.0476. The van der Waals surface area contributed by atoms with Gasteiger partial charge in [0.2, 0.25) is 5.91 Å². The molecule has 2 N–H and O–H groups in total. The molecule has 0 aliphatic rings. The molecule has 4 heteroatoms. The topological polar surface area (TPSA) is 66.4 Å². The van der Waals surface area contributed by atoms with Gasteiger partial charge in [-0.25, -0.2) is 0 Å². The molecular weight excluding hydrogens is 699 g/mol. The fourth-order valence-electron chi connectivity index (χ4n) is 8.24. The lowest BCUT2D eigenvalue weighted by atomic mass is 10.0. The van der Waals surface area contributed by atoms with Crippen molar-refractivity contribution >= 4 is 11.7 Å². The summed E-state index contributed by atoms with van der Waals surface area (Å²) in [7, 11) is 0. The molecule has 0 aliphatic carbocycles. The second-order valence-electron chi connectivity index (χ2n) is 18.2. The Hall–Kier alpha value is -1.16. The Kier molecular flexibility index (Phi) is 48.2. The van der Waals surface area contributed by atoms with Crippen LogP contribution in [0.3, 0.4) is 0 Å². The molecule has 0 spiro atoms. The molecule has 1 amide bonds. The van der Waals surface area contributed by atoms with Crippen molar-refractivity contribution in [1.29, 1.82) is 0 Å². The van der Waals surface area contributed by atoms with Crippen LogP contribution in [-0.2, 0) is 9.59 Å². The summed E-state index contributed by atoms with van der Waals surface area (Å²) < 4.78 is 0. The summed E-state index contributed by atoms with van der Waals surface area (Å²) in [6.45, 7) is 4.98.